The van der Waals surface area contributed by atoms with Crippen LogP contribution in [0.25, 0.3) is 0 Å². The van der Waals surface area contributed by atoms with Gasteiger partial charge in [-0.25, -0.2) is 9.97 Å². The molecule has 0 radical (unpaired) electrons. The highest BCUT2D eigenvalue weighted by Crippen LogP contribution is 2.25. The van der Waals surface area contributed by atoms with Gasteiger partial charge in [-0.15, -0.1) is 0 Å². The van der Waals surface area contributed by atoms with Crippen LogP contribution in [0.1, 0.15) is 29.8 Å². The summed E-state index contributed by atoms with van der Waals surface area (Å²) in [6.07, 6.45) is 6.70. The lowest BCUT2D eigenvalue weighted by molar-refractivity contribution is 0.0933. The van der Waals surface area contributed by atoms with Gasteiger partial charge < -0.3 is 5.32 Å². The van der Waals surface area contributed by atoms with Crippen LogP contribution in [0.4, 0.5) is 0 Å². The van der Waals surface area contributed by atoms with Crippen LogP contribution in [-0.4, -0.2) is 22.4 Å². The molecule has 1 aliphatic rings. The van der Waals surface area contributed by atoms with Crippen LogP contribution < -0.4 is 5.32 Å². The maximum Gasteiger partial charge on any atom is 0.271 e. The molecule has 15 heavy (non-hydrogen) atoms. The van der Waals surface area contributed by atoms with Crippen LogP contribution in [0, 0.1) is 5.92 Å². The molecule has 1 aromatic rings. The summed E-state index contributed by atoms with van der Waals surface area (Å²) in [6.45, 7) is 0.759. The van der Waals surface area contributed by atoms with Crippen molar-refractivity contribution in [2.45, 2.75) is 19.3 Å². The molecular weight excluding hydrogens is 258 g/mol. The van der Waals surface area contributed by atoms with Crippen molar-refractivity contribution in [3.05, 3.63) is 22.7 Å². The van der Waals surface area contributed by atoms with E-state index in [1.54, 1.807) is 6.20 Å². The van der Waals surface area contributed by atoms with Gasteiger partial charge in [-0.2, -0.15) is 0 Å². The minimum Gasteiger partial charge on any atom is -0.350 e. The Morgan fingerprint density at radius 3 is 3.00 bits per heavy atom. The molecule has 80 valence electrons. The molecule has 0 atom stereocenters. The van der Waals surface area contributed by atoms with E-state index in [1.807, 2.05) is 0 Å². The summed E-state index contributed by atoms with van der Waals surface area (Å²) in [5, 5.41) is 2.88. The summed E-state index contributed by atoms with van der Waals surface area (Å²) in [4.78, 5) is 19.4. The van der Waals surface area contributed by atoms with Crippen molar-refractivity contribution in [1.82, 2.24) is 15.3 Å². The Morgan fingerprint density at radius 2 is 2.40 bits per heavy atom. The van der Waals surface area contributed by atoms with Crippen molar-refractivity contribution in [2.24, 2.45) is 5.92 Å². The lowest BCUT2D eigenvalue weighted by Crippen LogP contribution is -2.32. The number of nitrogens with one attached hydrogen (secondary N) is 1. The second kappa shape index (κ2) is 4.70. The molecule has 1 amide bonds. The van der Waals surface area contributed by atoms with Crippen molar-refractivity contribution in [2.75, 3.05) is 6.54 Å². The van der Waals surface area contributed by atoms with Crippen LogP contribution in [0.15, 0.2) is 17.0 Å². The number of hydrogen-bond acceptors (Lipinski definition) is 3. The molecule has 1 fully saturated rings. The zero-order chi connectivity index (χ0) is 10.7. The third-order valence-electron chi connectivity index (χ3n) is 2.66. The minimum absolute atomic E-state index is 0.129. The molecule has 0 aliphatic heterocycles. The van der Waals surface area contributed by atoms with Crippen molar-refractivity contribution >= 4 is 21.8 Å². The molecule has 0 aromatic carbocycles. The van der Waals surface area contributed by atoms with Gasteiger partial charge in [0.1, 0.15) is 12.0 Å². The molecule has 0 unspecified atom stereocenters. The Labute approximate surface area is 96.6 Å². The van der Waals surface area contributed by atoms with Gasteiger partial charge in [-0.1, -0.05) is 6.42 Å². The van der Waals surface area contributed by atoms with Gasteiger partial charge in [0.2, 0.25) is 0 Å². The fraction of sp³-hybridized carbons (Fsp3) is 0.500. The molecule has 1 aliphatic carbocycles. The maximum absolute atomic E-state index is 11.7. The largest absolute Gasteiger partial charge is 0.350 e. The highest BCUT2D eigenvalue weighted by molar-refractivity contribution is 9.10. The third kappa shape index (κ3) is 2.53. The first kappa shape index (κ1) is 10.5. The standard InChI is InChI=1S/C10H12BrN3O/c11-8-5-12-6-14-9(8)10(15)13-4-7-2-1-3-7/h5-7H,1-4H2,(H,13,15). The Hall–Kier alpha value is -0.970. The van der Waals surface area contributed by atoms with Crippen LogP contribution in [0.3, 0.4) is 0 Å². The van der Waals surface area contributed by atoms with E-state index >= 15 is 0 Å². The quantitative estimate of drug-likeness (QED) is 0.910. The van der Waals surface area contributed by atoms with Gasteiger partial charge in [0, 0.05) is 12.7 Å². The number of hydrogen-bond donors (Lipinski definition) is 1. The Kier molecular flexibility index (Phi) is 3.30. The van der Waals surface area contributed by atoms with Crippen molar-refractivity contribution in [1.29, 1.82) is 0 Å². The second-order valence-electron chi connectivity index (χ2n) is 3.73. The van der Waals surface area contributed by atoms with Gasteiger partial charge in [-0.05, 0) is 34.7 Å². The summed E-state index contributed by atoms with van der Waals surface area (Å²) in [5.74, 6) is 0.533. The van der Waals surface area contributed by atoms with Gasteiger partial charge >= 0.3 is 0 Å². The predicted octanol–water partition coefficient (Wildman–Crippen LogP) is 1.77. The molecule has 0 saturated heterocycles. The lowest BCUT2D eigenvalue weighted by Gasteiger charge is -2.25. The van der Waals surface area contributed by atoms with Crippen LogP contribution in [0.5, 0.6) is 0 Å². The first-order valence-electron chi connectivity index (χ1n) is 5.01. The summed E-state index contributed by atoms with van der Waals surface area (Å²) in [6, 6.07) is 0. The fourth-order valence-corrected chi connectivity index (χ4v) is 1.90. The molecule has 1 N–H and O–H groups in total. The average Bonchev–Trinajstić information content (AvgIpc) is 2.16. The molecule has 1 saturated carbocycles. The fourth-order valence-electron chi connectivity index (χ4n) is 1.50. The minimum atomic E-state index is -0.129. The monoisotopic (exact) mass is 269 g/mol. The summed E-state index contributed by atoms with van der Waals surface area (Å²) >= 11 is 3.25. The van der Waals surface area contributed by atoms with Gasteiger partial charge in [0.25, 0.3) is 5.91 Å². The number of carbonyl (C=O) groups is 1. The highest BCUT2D eigenvalue weighted by atomic mass is 79.9. The molecule has 0 bridgehead atoms. The number of carbonyl (C=O) groups excluding carboxylic acids is 1. The van der Waals surface area contributed by atoms with E-state index in [0.717, 1.165) is 6.54 Å². The van der Waals surface area contributed by atoms with Gasteiger partial charge in [0.15, 0.2) is 0 Å². The zero-order valence-corrected chi connectivity index (χ0v) is 9.83. The topological polar surface area (TPSA) is 54.9 Å². The van der Waals surface area contributed by atoms with E-state index in [0.29, 0.717) is 16.1 Å². The second-order valence-corrected chi connectivity index (χ2v) is 4.58. The SMILES string of the molecule is O=C(NCC1CCC1)c1ncncc1Br. The molecule has 1 aromatic heterocycles. The summed E-state index contributed by atoms with van der Waals surface area (Å²) in [5.41, 5.74) is 0.407. The summed E-state index contributed by atoms with van der Waals surface area (Å²) < 4.78 is 0.635. The van der Waals surface area contributed by atoms with E-state index in [2.05, 4.69) is 31.2 Å². The number of halogens is 1. The smallest absolute Gasteiger partial charge is 0.271 e. The molecular formula is C10H12BrN3O. The summed E-state index contributed by atoms with van der Waals surface area (Å²) in [7, 11) is 0. The Bertz CT molecular complexity index is 365. The number of amides is 1. The lowest BCUT2D eigenvalue weighted by atomic mass is 9.85. The van der Waals surface area contributed by atoms with Gasteiger partial charge in [-0.3, -0.25) is 4.79 Å². The van der Waals surface area contributed by atoms with Gasteiger partial charge in [0.05, 0.1) is 4.47 Å². The van der Waals surface area contributed by atoms with Crippen LogP contribution in [0.2, 0.25) is 0 Å². The van der Waals surface area contributed by atoms with E-state index in [-0.39, 0.29) is 5.91 Å². The molecule has 0 spiro atoms. The number of rotatable bonds is 3. The molecule has 5 heteroatoms. The van der Waals surface area contributed by atoms with Crippen molar-refractivity contribution < 1.29 is 4.79 Å². The number of nitrogens with zero attached hydrogens (tertiary/aromatic N) is 2. The molecule has 4 nitrogen and oxygen atoms in total. The van der Waals surface area contributed by atoms with Crippen LogP contribution >= 0.6 is 15.9 Å². The normalized spacial score (nSPS) is 15.8. The molecule has 2 rings (SSSR count). The zero-order valence-electron chi connectivity index (χ0n) is 8.24. The molecule has 1 heterocycles. The van der Waals surface area contributed by atoms with E-state index in [1.165, 1.54) is 25.6 Å². The van der Waals surface area contributed by atoms with E-state index < -0.39 is 0 Å². The van der Waals surface area contributed by atoms with E-state index in [4.69, 9.17) is 0 Å². The average molecular weight is 270 g/mol. The number of aromatic nitrogens is 2. The Morgan fingerprint density at radius 1 is 1.60 bits per heavy atom. The van der Waals surface area contributed by atoms with Crippen molar-refractivity contribution in [3.63, 3.8) is 0 Å². The van der Waals surface area contributed by atoms with Crippen molar-refractivity contribution in [3.8, 4) is 0 Å². The predicted molar refractivity (Wildman–Crippen MR) is 59.4 cm³/mol. The highest BCUT2D eigenvalue weighted by Gasteiger charge is 2.19. The van der Waals surface area contributed by atoms with Crippen LogP contribution in [-0.2, 0) is 0 Å². The Balaban J connectivity index is 1.92. The van der Waals surface area contributed by atoms with E-state index in [9.17, 15) is 4.79 Å². The first-order chi connectivity index (χ1) is 7.27. The third-order valence-corrected chi connectivity index (χ3v) is 3.24. The maximum atomic E-state index is 11.7. The first-order valence-corrected chi connectivity index (χ1v) is 5.80.